The number of H-pyrrole nitrogens is 1. The van der Waals surface area contributed by atoms with Gasteiger partial charge < -0.3 is 10.1 Å². The second-order valence-corrected chi connectivity index (χ2v) is 8.00. The van der Waals surface area contributed by atoms with Gasteiger partial charge in [-0.3, -0.25) is 4.79 Å². The molecule has 134 valence electrons. The molecule has 6 nitrogen and oxygen atoms in total. The Balaban J connectivity index is 1.62. The number of fused-ring (bicyclic) bond motifs is 1. The molecule has 0 unspecified atom stereocenters. The van der Waals surface area contributed by atoms with Crippen molar-refractivity contribution in [3.05, 3.63) is 51.5 Å². The topological polar surface area (TPSA) is 90.4 Å². The average molecular weight is 454 g/mol. The molecule has 3 rings (SSSR count). The van der Waals surface area contributed by atoms with Crippen LogP contribution in [-0.4, -0.2) is 32.4 Å². The van der Waals surface area contributed by atoms with Crippen molar-refractivity contribution in [3.63, 3.8) is 0 Å². The Hall–Kier alpha value is -2.03. The Morgan fingerprint density at radius 1 is 1.46 bits per heavy atom. The predicted octanol–water partition coefficient (Wildman–Crippen LogP) is 4.32. The van der Waals surface area contributed by atoms with Crippen LogP contribution < -0.4 is 5.43 Å². The molecule has 1 heterocycles. The maximum atomic E-state index is 12.2. The fourth-order valence-corrected chi connectivity index (χ4v) is 3.80. The number of hydrogen-bond acceptors (Lipinski definition) is 5. The van der Waals surface area contributed by atoms with Crippen LogP contribution in [0.4, 0.5) is 0 Å². The Labute approximate surface area is 167 Å². The van der Waals surface area contributed by atoms with Crippen molar-refractivity contribution >= 4 is 62.4 Å². The zero-order valence-corrected chi connectivity index (χ0v) is 16.7. The third-order valence-corrected chi connectivity index (χ3v) is 5.27. The second-order valence-electron chi connectivity index (χ2n) is 5.38. The zero-order chi connectivity index (χ0) is 18.7. The van der Waals surface area contributed by atoms with Crippen molar-refractivity contribution < 1.29 is 9.90 Å². The van der Waals surface area contributed by atoms with Crippen LogP contribution in [0.1, 0.15) is 12.5 Å². The van der Waals surface area contributed by atoms with E-state index in [0.29, 0.717) is 20.2 Å². The van der Waals surface area contributed by atoms with Gasteiger partial charge in [-0.15, -0.1) is 0 Å². The summed E-state index contributed by atoms with van der Waals surface area (Å²) >= 11 is 10.4. The molecule has 1 aromatic heterocycles. The van der Waals surface area contributed by atoms with Gasteiger partial charge in [-0.05, 0) is 47.1 Å². The summed E-state index contributed by atoms with van der Waals surface area (Å²) in [6.45, 7) is 1.76. The molecule has 1 atom stereocenters. The van der Waals surface area contributed by atoms with Crippen molar-refractivity contribution in [2.24, 2.45) is 5.10 Å². The number of thioether (sulfide) groups is 1. The quantitative estimate of drug-likeness (QED) is 0.305. The molecule has 2 aromatic carbocycles. The molecule has 0 aliphatic carbocycles. The highest BCUT2D eigenvalue weighted by atomic mass is 79.9. The van der Waals surface area contributed by atoms with Crippen LogP contribution in [0.5, 0.6) is 5.75 Å². The van der Waals surface area contributed by atoms with E-state index in [9.17, 15) is 9.90 Å². The van der Waals surface area contributed by atoms with Gasteiger partial charge in [0.05, 0.1) is 27.0 Å². The summed E-state index contributed by atoms with van der Waals surface area (Å²) in [4.78, 5) is 19.8. The number of aromatic hydroxyl groups is 1. The number of hydrogen-bond donors (Lipinski definition) is 3. The monoisotopic (exact) mass is 452 g/mol. The predicted molar refractivity (Wildman–Crippen MR) is 108 cm³/mol. The molecule has 1 amide bonds. The lowest BCUT2D eigenvalue weighted by atomic mass is 10.2. The molecule has 3 aromatic rings. The minimum Gasteiger partial charge on any atom is -0.506 e. The summed E-state index contributed by atoms with van der Waals surface area (Å²) in [5.41, 5.74) is 4.61. The van der Waals surface area contributed by atoms with Gasteiger partial charge in [0.25, 0.3) is 5.91 Å². The number of aromatic amines is 1. The molecule has 26 heavy (non-hydrogen) atoms. The second kappa shape index (κ2) is 8.11. The van der Waals surface area contributed by atoms with Crippen LogP contribution in [0.2, 0.25) is 5.02 Å². The van der Waals surface area contributed by atoms with Crippen LogP contribution >= 0.6 is 39.3 Å². The molecule has 0 aliphatic heterocycles. The first-order valence-corrected chi connectivity index (χ1v) is 9.61. The number of phenolic OH excluding ortho intramolecular Hbond substituents is 1. The number of benzene rings is 2. The lowest BCUT2D eigenvalue weighted by Crippen LogP contribution is -2.26. The van der Waals surface area contributed by atoms with Crippen molar-refractivity contribution in [1.29, 1.82) is 0 Å². The molecule has 0 radical (unpaired) electrons. The van der Waals surface area contributed by atoms with Crippen molar-refractivity contribution in [3.8, 4) is 5.75 Å². The molecule has 0 spiro atoms. The fraction of sp³-hybridized carbons (Fsp3) is 0.118. The Morgan fingerprint density at radius 2 is 2.23 bits per heavy atom. The molecular formula is C17H14BrClN4O2S. The van der Waals surface area contributed by atoms with Gasteiger partial charge in [-0.2, -0.15) is 5.10 Å². The molecule has 0 fully saturated rings. The smallest absolute Gasteiger partial charge is 0.253 e. The van der Waals surface area contributed by atoms with E-state index in [1.54, 1.807) is 19.1 Å². The van der Waals surface area contributed by atoms with Crippen molar-refractivity contribution in [2.75, 3.05) is 0 Å². The van der Waals surface area contributed by atoms with E-state index >= 15 is 0 Å². The van der Waals surface area contributed by atoms with E-state index in [0.717, 1.165) is 11.0 Å². The van der Waals surface area contributed by atoms with Crippen LogP contribution in [0, 0.1) is 0 Å². The van der Waals surface area contributed by atoms with E-state index in [2.05, 4.69) is 36.4 Å². The average Bonchev–Trinajstić information content (AvgIpc) is 3.01. The number of aromatic nitrogens is 2. The summed E-state index contributed by atoms with van der Waals surface area (Å²) in [6.07, 6.45) is 1.34. The lowest BCUT2D eigenvalue weighted by molar-refractivity contribution is -0.120. The Kier molecular flexibility index (Phi) is 5.85. The maximum absolute atomic E-state index is 12.2. The summed E-state index contributed by atoms with van der Waals surface area (Å²) in [6, 6.07) is 10.8. The number of nitrogens with one attached hydrogen (secondary N) is 2. The van der Waals surface area contributed by atoms with Gasteiger partial charge in [-0.25, -0.2) is 10.4 Å². The number of rotatable bonds is 5. The zero-order valence-electron chi connectivity index (χ0n) is 13.5. The lowest BCUT2D eigenvalue weighted by Gasteiger charge is -2.07. The molecule has 0 bridgehead atoms. The van der Waals surface area contributed by atoms with Crippen molar-refractivity contribution in [2.45, 2.75) is 17.3 Å². The first-order chi connectivity index (χ1) is 12.4. The van der Waals surface area contributed by atoms with E-state index in [4.69, 9.17) is 11.6 Å². The van der Waals surface area contributed by atoms with Gasteiger partial charge in [0.2, 0.25) is 0 Å². The van der Waals surface area contributed by atoms with Gasteiger partial charge in [0.15, 0.2) is 5.16 Å². The minimum absolute atomic E-state index is 0.00269. The molecule has 0 saturated carbocycles. The van der Waals surface area contributed by atoms with E-state index < -0.39 is 5.25 Å². The fourth-order valence-electron chi connectivity index (χ4n) is 2.15. The van der Waals surface area contributed by atoms with Crippen molar-refractivity contribution in [1.82, 2.24) is 15.4 Å². The molecule has 3 N–H and O–H groups in total. The maximum Gasteiger partial charge on any atom is 0.253 e. The largest absolute Gasteiger partial charge is 0.506 e. The number of phenols is 1. The van der Waals surface area contributed by atoms with E-state index in [1.165, 1.54) is 18.0 Å². The number of amides is 1. The van der Waals surface area contributed by atoms with Gasteiger partial charge in [0, 0.05) is 10.6 Å². The summed E-state index contributed by atoms with van der Waals surface area (Å²) in [5, 5.41) is 14.5. The third-order valence-electron chi connectivity index (χ3n) is 3.46. The van der Waals surface area contributed by atoms with Gasteiger partial charge in [-0.1, -0.05) is 35.5 Å². The standard InChI is InChI=1S/C17H14BrClN4O2S/c1-9(26-17-21-13-4-2-3-5-14(13)22-17)16(25)23-20-8-10-6-11(19)7-12(18)15(10)24/h2-9,24H,1H3,(H,21,22)(H,23,25)/b20-8-/t9-/m0/s1. The normalized spacial score (nSPS) is 12.6. The molecule has 9 heteroatoms. The van der Waals surface area contributed by atoms with Gasteiger partial charge in [0.1, 0.15) is 5.75 Å². The molecule has 0 aliphatic rings. The number of imidazole rings is 1. The number of carbonyl (C=O) groups is 1. The summed E-state index contributed by atoms with van der Waals surface area (Å²) < 4.78 is 0.451. The SMILES string of the molecule is C[C@H](Sc1nc2ccccc2[nH]1)C(=O)N/N=C\c1cc(Cl)cc(Br)c1O. The van der Waals surface area contributed by atoms with Crippen LogP contribution in [-0.2, 0) is 4.79 Å². The number of nitrogens with zero attached hydrogens (tertiary/aromatic N) is 2. The van der Waals surface area contributed by atoms with Crippen LogP contribution in [0.25, 0.3) is 11.0 Å². The van der Waals surface area contributed by atoms with Crippen LogP contribution in [0.15, 0.2) is 51.1 Å². The summed E-state index contributed by atoms with van der Waals surface area (Å²) in [7, 11) is 0. The highest BCUT2D eigenvalue weighted by Crippen LogP contribution is 2.30. The Morgan fingerprint density at radius 3 is 3.00 bits per heavy atom. The summed E-state index contributed by atoms with van der Waals surface area (Å²) in [5.74, 6) is -0.288. The first kappa shape index (κ1) is 18.8. The third kappa shape index (κ3) is 4.38. The van der Waals surface area contributed by atoms with Gasteiger partial charge >= 0.3 is 0 Å². The van der Waals surface area contributed by atoms with E-state index in [-0.39, 0.29) is 11.7 Å². The number of halogens is 2. The highest BCUT2D eigenvalue weighted by molar-refractivity contribution is 9.10. The van der Waals surface area contributed by atoms with Crippen LogP contribution in [0.3, 0.4) is 0 Å². The number of carbonyl (C=O) groups excluding carboxylic acids is 1. The minimum atomic E-state index is -0.410. The Bertz CT molecular complexity index is 959. The number of para-hydroxylation sites is 2. The molecule has 0 saturated heterocycles. The highest BCUT2D eigenvalue weighted by Gasteiger charge is 2.16. The number of hydrazone groups is 1. The first-order valence-electron chi connectivity index (χ1n) is 7.56. The molecular weight excluding hydrogens is 440 g/mol. The van der Waals surface area contributed by atoms with E-state index in [1.807, 2.05) is 24.3 Å².